The second-order valence-electron chi connectivity index (χ2n) is 1.29. The van der Waals surface area contributed by atoms with Crippen LogP contribution in [0, 0.1) is 0 Å². The zero-order valence-corrected chi connectivity index (χ0v) is 4.84. The molecule has 46 valence electrons. The minimum atomic E-state index is -0.396. The van der Waals surface area contributed by atoms with Crippen LogP contribution in [0.1, 0.15) is 6.92 Å². The lowest BCUT2D eigenvalue weighted by Gasteiger charge is -1.89. The van der Waals surface area contributed by atoms with E-state index in [-0.39, 0.29) is 5.76 Å². The van der Waals surface area contributed by atoms with Crippen molar-refractivity contribution in [2.24, 2.45) is 0 Å². The molecule has 3 heteroatoms. The van der Waals surface area contributed by atoms with Crippen molar-refractivity contribution < 1.29 is 14.6 Å². The van der Waals surface area contributed by atoms with Crippen molar-refractivity contribution in [3.63, 3.8) is 0 Å². The van der Waals surface area contributed by atoms with Crippen LogP contribution in [0.2, 0.25) is 0 Å². The molecule has 0 aromatic carbocycles. The van der Waals surface area contributed by atoms with Crippen LogP contribution in [0.5, 0.6) is 0 Å². The van der Waals surface area contributed by atoms with Crippen molar-refractivity contribution in [1.82, 2.24) is 0 Å². The topological polar surface area (TPSA) is 46.5 Å². The molecule has 0 aliphatic heterocycles. The van der Waals surface area contributed by atoms with Gasteiger partial charge < -0.3 is 9.84 Å². The molecule has 0 atom stereocenters. The van der Waals surface area contributed by atoms with E-state index >= 15 is 0 Å². The molecule has 0 bridgehead atoms. The van der Waals surface area contributed by atoms with Gasteiger partial charge in [0.05, 0.1) is 7.11 Å². The van der Waals surface area contributed by atoms with Gasteiger partial charge in [-0.05, 0) is 0 Å². The van der Waals surface area contributed by atoms with Crippen molar-refractivity contribution in [3.05, 3.63) is 12.0 Å². The summed E-state index contributed by atoms with van der Waals surface area (Å²) in [6.45, 7) is 1.25. The highest BCUT2D eigenvalue weighted by molar-refractivity contribution is 5.90. The number of rotatable bonds is 2. The Morgan fingerprint density at radius 3 is 2.38 bits per heavy atom. The summed E-state index contributed by atoms with van der Waals surface area (Å²) in [6, 6.07) is 0. The van der Waals surface area contributed by atoms with E-state index in [0.29, 0.717) is 0 Å². The lowest BCUT2D eigenvalue weighted by atomic mass is 10.4. The first-order chi connectivity index (χ1) is 3.68. The van der Waals surface area contributed by atoms with Gasteiger partial charge in [-0.2, -0.15) is 0 Å². The maximum absolute atomic E-state index is 10.1. The van der Waals surface area contributed by atoms with Crippen molar-refractivity contribution in [2.75, 3.05) is 7.11 Å². The summed E-state index contributed by atoms with van der Waals surface area (Å²) in [5.74, 6) is -0.751. The number of carbonyl (C=O) groups is 1. The second kappa shape index (κ2) is 3.07. The van der Waals surface area contributed by atoms with E-state index in [1.807, 2.05) is 0 Å². The summed E-state index contributed by atoms with van der Waals surface area (Å²) in [6.07, 6.45) is 0.988. The summed E-state index contributed by atoms with van der Waals surface area (Å²) in [7, 11) is 1.36. The van der Waals surface area contributed by atoms with Crippen LogP contribution in [0.15, 0.2) is 12.0 Å². The van der Waals surface area contributed by atoms with Crippen molar-refractivity contribution >= 4 is 5.78 Å². The van der Waals surface area contributed by atoms with E-state index in [1.165, 1.54) is 14.0 Å². The van der Waals surface area contributed by atoms with Gasteiger partial charge >= 0.3 is 0 Å². The Hall–Kier alpha value is -0.990. The number of hydrogen-bond donors (Lipinski definition) is 1. The van der Waals surface area contributed by atoms with Gasteiger partial charge in [0.25, 0.3) is 0 Å². The Bertz CT molecular complexity index is 115. The molecule has 0 heterocycles. The van der Waals surface area contributed by atoms with Gasteiger partial charge in [-0.3, -0.25) is 4.79 Å². The molecule has 1 N–H and O–H groups in total. The minimum Gasteiger partial charge on any atom is -0.502 e. The zero-order chi connectivity index (χ0) is 6.57. The molecule has 0 rings (SSSR count). The van der Waals surface area contributed by atoms with Crippen LogP contribution in [0.4, 0.5) is 0 Å². The molecular weight excluding hydrogens is 108 g/mol. The molecular formula is C5H8O3. The van der Waals surface area contributed by atoms with E-state index in [2.05, 4.69) is 4.74 Å². The monoisotopic (exact) mass is 116 g/mol. The molecule has 0 aromatic heterocycles. The lowest BCUT2D eigenvalue weighted by molar-refractivity contribution is -0.116. The quantitative estimate of drug-likeness (QED) is 0.425. The Kier molecular flexibility index (Phi) is 2.69. The van der Waals surface area contributed by atoms with Crippen LogP contribution in [-0.2, 0) is 9.53 Å². The third-order valence-electron chi connectivity index (χ3n) is 0.590. The van der Waals surface area contributed by atoms with Gasteiger partial charge in [0.1, 0.15) is 6.26 Å². The first kappa shape index (κ1) is 7.01. The van der Waals surface area contributed by atoms with Crippen LogP contribution >= 0.6 is 0 Å². The Balaban J connectivity index is 3.80. The molecule has 0 aromatic rings. The first-order valence-electron chi connectivity index (χ1n) is 2.11. The van der Waals surface area contributed by atoms with Gasteiger partial charge in [0.15, 0.2) is 11.5 Å². The van der Waals surface area contributed by atoms with Gasteiger partial charge in [-0.1, -0.05) is 0 Å². The molecule has 8 heavy (non-hydrogen) atoms. The van der Waals surface area contributed by atoms with Crippen LogP contribution in [0.25, 0.3) is 0 Å². The lowest BCUT2D eigenvalue weighted by Crippen LogP contribution is -1.94. The summed E-state index contributed by atoms with van der Waals surface area (Å²) >= 11 is 0. The van der Waals surface area contributed by atoms with Crippen molar-refractivity contribution in [2.45, 2.75) is 6.92 Å². The summed E-state index contributed by atoms with van der Waals surface area (Å²) in [5, 5.41) is 8.51. The zero-order valence-electron chi connectivity index (χ0n) is 4.84. The third-order valence-corrected chi connectivity index (χ3v) is 0.590. The smallest absolute Gasteiger partial charge is 0.197 e. The maximum Gasteiger partial charge on any atom is 0.197 e. The van der Waals surface area contributed by atoms with Crippen molar-refractivity contribution in [3.8, 4) is 0 Å². The summed E-state index contributed by atoms with van der Waals surface area (Å²) in [4.78, 5) is 10.1. The standard InChI is InChI=1S/C5H8O3/c1-4(6)5(7)3-8-2/h3,7H,1-2H3/b5-3-. The molecule has 0 saturated carbocycles. The van der Waals surface area contributed by atoms with Crippen LogP contribution in [-0.4, -0.2) is 18.0 Å². The number of aliphatic hydroxyl groups excluding tert-OH is 1. The summed E-state index contributed by atoms with van der Waals surface area (Å²) < 4.78 is 4.33. The van der Waals surface area contributed by atoms with Crippen molar-refractivity contribution in [1.29, 1.82) is 0 Å². The second-order valence-corrected chi connectivity index (χ2v) is 1.29. The van der Waals surface area contributed by atoms with Gasteiger partial charge in [-0.15, -0.1) is 0 Å². The summed E-state index contributed by atoms with van der Waals surface area (Å²) in [5.41, 5.74) is 0. The minimum absolute atomic E-state index is 0.354. The van der Waals surface area contributed by atoms with E-state index in [0.717, 1.165) is 6.26 Å². The predicted octanol–water partition coefficient (Wildman–Crippen LogP) is 0.621. The Morgan fingerprint density at radius 1 is 1.75 bits per heavy atom. The average molecular weight is 116 g/mol. The largest absolute Gasteiger partial charge is 0.502 e. The molecule has 0 aliphatic rings. The molecule has 0 amide bonds. The van der Waals surface area contributed by atoms with Gasteiger partial charge in [-0.25, -0.2) is 0 Å². The molecule has 0 fully saturated rings. The van der Waals surface area contributed by atoms with E-state index in [1.54, 1.807) is 0 Å². The average Bonchev–Trinajstić information content (AvgIpc) is 1.67. The van der Waals surface area contributed by atoms with E-state index in [9.17, 15) is 4.79 Å². The maximum atomic E-state index is 10.1. The number of ether oxygens (including phenoxy) is 1. The number of aliphatic hydroxyl groups is 1. The van der Waals surface area contributed by atoms with Gasteiger partial charge in [0.2, 0.25) is 0 Å². The fourth-order valence-electron chi connectivity index (χ4n) is 0.195. The number of carbonyl (C=O) groups excluding carboxylic acids is 1. The molecule has 0 saturated heterocycles. The highest BCUT2D eigenvalue weighted by Gasteiger charge is 1.96. The number of methoxy groups -OCH3 is 1. The fourth-order valence-corrected chi connectivity index (χ4v) is 0.195. The molecule has 0 unspecified atom stereocenters. The van der Waals surface area contributed by atoms with Crippen LogP contribution < -0.4 is 0 Å². The SMILES string of the molecule is CO/C=C(\O)C(C)=O. The number of allylic oxidation sites excluding steroid dienone is 1. The third kappa shape index (κ3) is 2.23. The molecule has 0 radical (unpaired) electrons. The first-order valence-corrected chi connectivity index (χ1v) is 2.11. The Morgan fingerprint density at radius 2 is 2.25 bits per heavy atom. The predicted molar refractivity (Wildman–Crippen MR) is 28.4 cm³/mol. The van der Waals surface area contributed by atoms with Gasteiger partial charge in [0, 0.05) is 6.92 Å². The number of ketones is 1. The molecule has 0 aliphatic carbocycles. The normalized spacial score (nSPS) is 11.0. The number of Topliss-reactive ketones (excluding diaryl/α,β-unsaturated/α-hetero) is 1. The fraction of sp³-hybridized carbons (Fsp3) is 0.400. The highest BCUT2D eigenvalue weighted by atomic mass is 16.5. The Labute approximate surface area is 47.6 Å². The highest BCUT2D eigenvalue weighted by Crippen LogP contribution is 1.87. The van der Waals surface area contributed by atoms with E-state index < -0.39 is 5.78 Å². The molecule has 3 nitrogen and oxygen atoms in total. The van der Waals surface area contributed by atoms with E-state index in [4.69, 9.17) is 5.11 Å². The van der Waals surface area contributed by atoms with Crippen LogP contribution in [0.3, 0.4) is 0 Å². The molecule has 0 spiro atoms. The number of hydrogen-bond acceptors (Lipinski definition) is 3.